The summed E-state index contributed by atoms with van der Waals surface area (Å²) < 4.78 is 83.7. The van der Waals surface area contributed by atoms with Gasteiger partial charge in [0, 0.05) is 10.6 Å². The number of halogens is 7. The second kappa shape index (κ2) is 10.6. The standard InChI is InChI=1S/C22H16ClF6N7O4/c23-12-7-5-11(6-8-12)18-33-35(20(39)34(18)9-15(37)21(24,25)26)10-16-31-19(17(30)38)36(32-16)13-3-1-2-4-14(13)40-22(27,28)29/h1-8,15,37H,9-10H2,(H2,30,38)/t15-/m0/s1. The molecule has 0 unspecified atom stereocenters. The molecule has 4 aromatic rings. The summed E-state index contributed by atoms with van der Waals surface area (Å²) in [5.41, 5.74) is 4.00. The molecule has 0 aliphatic rings. The number of hydrogen-bond acceptors (Lipinski definition) is 7. The van der Waals surface area contributed by atoms with Crippen LogP contribution in [0.2, 0.25) is 5.02 Å². The Morgan fingerprint density at radius 1 is 1.05 bits per heavy atom. The molecule has 212 valence electrons. The Bertz CT molecular complexity index is 1590. The molecule has 0 saturated heterocycles. The zero-order chi connectivity index (χ0) is 29.4. The molecule has 0 fully saturated rings. The molecule has 0 spiro atoms. The van der Waals surface area contributed by atoms with Gasteiger partial charge in [0.05, 0.1) is 6.54 Å². The third-order valence-electron chi connectivity index (χ3n) is 5.24. The van der Waals surface area contributed by atoms with Crippen LogP contribution in [0.15, 0.2) is 53.3 Å². The predicted molar refractivity (Wildman–Crippen MR) is 125 cm³/mol. The second-order valence-corrected chi connectivity index (χ2v) is 8.52. The number of nitrogens with zero attached hydrogens (tertiary/aromatic N) is 6. The van der Waals surface area contributed by atoms with Gasteiger partial charge < -0.3 is 15.6 Å². The Kier molecular flexibility index (Phi) is 7.62. The fraction of sp³-hybridized carbons (Fsp3) is 0.227. The van der Waals surface area contributed by atoms with Crippen molar-refractivity contribution >= 4 is 17.5 Å². The van der Waals surface area contributed by atoms with E-state index in [1.807, 2.05) is 0 Å². The zero-order valence-electron chi connectivity index (χ0n) is 19.7. The molecule has 0 saturated carbocycles. The van der Waals surface area contributed by atoms with E-state index in [1.165, 1.54) is 36.4 Å². The quantitative estimate of drug-likeness (QED) is 0.300. The normalized spacial score (nSPS) is 12.9. The van der Waals surface area contributed by atoms with Gasteiger partial charge in [0.1, 0.15) is 12.2 Å². The van der Waals surface area contributed by atoms with Crippen molar-refractivity contribution in [3.63, 3.8) is 0 Å². The van der Waals surface area contributed by atoms with Crippen molar-refractivity contribution in [3.8, 4) is 22.8 Å². The topological polar surface area (TPSA) is 143 Å². The number of nitrogens with two attached hydrogens (primary N) is 1. The molecule has 1 amide bonds. The van der Waals surface area contributed by atoms with E-state index in [2.05, 4.69) is 19.9 Å². The number of rotatable bonds is 8. The molecule has 18 heteroatoms. The summed E-state index contributed by atoms with van der Waals surface area (Å²) in [7, 11) is 0. The van der Waals surface area contributed by atoms with E-state index in [1.54, 1.807) is 0 Å². The highest BCUT2D eigenvalue weighted by Crippen LogP contribution is 2.29. The monoisotopic (exact) mass is 591 g/mol. The lowest BCUT2D eigenvalue weighted by Gasteiger charge is -2.15. The van der Waals surface area contributed by atoms with Gasteiger partial charge in [-0.05, 0) is 36.4 Å². The number of hydrogen-bond donors (Lipinski definition) is 2. The molecular formula is C22H16ClF6N7O4. The van der Waals surface area contributed by atoms with Crippen molar-refractivity contribution in [2.24, 2.45) is 5.73 Å². The fourth-order valence-electron chi connectivity index (χ4n) is 3.52. The first-order valence-electron chi connectivity index (χ1n) is 10.9. The number of benzene rings is 2. The SMILES string of the molecule is NC(=O)c1nc(Cn2nc(-c3ccc(Cl)cc3)n(C[C@H](O)C(F)(F)F)c2=O)nn1-c1ccccc1OC(F)(F)F. The number of alkyl halides is 6. The van der Waals surface area contributed by atoms with Gasteiger partial charge in [-0.25, -0.2) is 19.1 Å². The minimum absolute atomic E-state index is 0.171. The Morgan fingerprint density at radius 3 is 2.30 bits per heavy atom. The molecule has 2 heterocycles. The van der Waals surface area contributed by atoms with Gasteiger partial charge in [0.25, 0.3) is 5.91 Å². The summed E-state index contributed by atoms with van der Waals surface area (Å²) in [6.45, 7) is -1.86. The maximum atomic E-state index is 13.1. The van der Waals surface area contributed by atoms with Crippen LogP contribution in [-0.2, 0) is 13.1 Å². The van der Waals surface area contributed by atoms with Gasteiger partial charge in [-0.1, -0.05) is 23.7 Å². The van der Waals surface area contributed by atoms with E-state index in [0.29, 0.717) is 13.9 Å². The van der Waals surface area contributed by atoms with E-state index < -0.39 is 54.9 Å². The average Bonchev–Trinajstić information content (AvgIpc) is 3.40. The maximum absolute atomic E-state index is 13.1. The van der Waals surface area contributed by atoms with Crippen molar-refractivity contribution in [2.75, 3.05) is 0 Å². The molecule has 0 radical (unpaired) electrons. The summed E-state index contributed by atoms with van der Waals surface area (Å²) in [4.78, 5) is 28.9. The van der Waals surface area contributed by atoms with Gasteiger partial charge in [-0.15, -0.1) is 23.4 Å². The number of para-hydroxylation sites is 2. The van der Waals surface area contributed by atoms with Crippen LogP contribution >= 0.6 is 11.6 Å². The molecule has 2 aromatic carbocycles. The van der Waals surface area contributed by atoms with Crippen LogP contribution in [0.1, 0.15) is 16.4 Å². The van der Waals surface area contributed by atoms with Crippen LogP contribution in [0.3, 0.4) is 0 Å². The van der Waals surface area contributed by atoms with Crippen molar-refractivity contribution in [2.45, 2.75) is 31.7 Å². The summed E-state index contributed by atoms with van der Waals surface area (Å²) >= 11 is 5.86. The van der Waals surface area contributed by atoms with Crippen LogP contribution in [0.4, 0.5) is 26.3 Å². The molecule has 0 aliphatic carbocycles. The minimum Gasteiger partial charge on any atom is -0.403 e. The van der Waals surface area contributed by atoms with Gasteiger partial charge in [-0.3, -0.25) is 9.36 Å². The van der Waals surface area contributed by atoms with Crippen LogP contribution in [-0.4, -0.2) is 58.8 Å². The molecular weight excluding hydrogens is 576 g/mol. The first-order chi connectivity index (χ1) is 18.6. The average molecular weight is 592 g/mol. The van der Waals surface area contributed by atoms with Crippen LogP contribution in [0.5, 0.6) is 5.75 Å². The number of primary amides is 1. The fourth-order valence-corrected chi connectivity index (χ4v) is 3.65. The molecule has 3 N–H and O–H groups in total. The molecule has 1 atom stereocenters. The number of carbonyl (C=O) groups excluding carboxylic acids is 1. The van der Waals surface area contributed by atoms with E-state index in [-0.39, 0.29) is 27.9 Å². The number of carbonyl (C=O) groups is 1. The molecule has 4 rings (SSSR count). The van der Waals surface area contributed by atoms with E-state index >= 15 is 0 Å². The van der Waals surface area contributed by atoms with Gasteiger partial charge in [0.15, 0.2) is 23.5 Å². The predicted octanol–water partition coefficient (Wildman–Crippen LogP) is 2.91. The Balaban J connectivity index is 1.78. The lowest BCUT2D eigenvalue weighted by atomic mass is 10.2. The second-order valence-electron chi connectivity index (χ2n) is 8.08. The highest BCUT2D eigenvalue weighted by Gasteiger charge is 2.39. The van der Waals surface area contributed by atoms with Crippen LogP contribution in [0, 0.1) is 0 Å². The number of aliphatic hydroxyl groups is 1. The molecule has 40 heavy (non-hydrogen) atoms. The summed E-state index contributed by atoms with van der Waals surface area (Å²) in [5.74, 6) is -3.22. The van der Waals surface area contributed by atoms with E-state index in [4.69, 9.17) is 17.3 Å². The zero-order valence-corrected chi connectivity index (χ0v) is 20.4. The number of aliphatic hydroxyl groups excluding tert-OH is 1. The molecule has 0 bridgehead atoms. The van der Waals surface area contributed by atoms with Gasteiger partial charge in [0.2, 0.25) is 5.82 Å². The summed E-state index contributed by atoms with van der Waals surface area (Å²) in [6.07, 6.45) is -13.1. The summed E-state index contributed by atoms with van der Waals surface area (Å²) in [5, 5.41) is 17.9. The Morgan fingerprint density at radius 2 is 1.70 bits per heavy atom. The van der Waals surface area contributed by atoms with Crippen molar-refractivity contribution in [1.82, 2.24) is 29.1 Å². The minimum atomic E-state index is -5.09. The first kappa shape index (κ1) is 28.6. The number of amides is 1. The van der Waals surface area contributed by atoms with Crippen molar-refractivity contribution in [1.29, 1.82) is 0 Å². The van der Waals surface area contributed by atoms with Gasteiger partial charge in [-0.2, -0.15) is 13.2 Å². The number of ether oxygens (including phenoxy) is 1. The molecule has 0 aliphatic heterocycles. The van der Waals surface area contributed by atoms with Crippen LogP contribution < -0.4 is 16.2 Å². The lowest BCUT2D eigenvalue weighted by Crippen LogP contribution is -2.37. The van der Waals surface area contributed by atoms with Crippen LogP contribution in [0.25, 0.3) is 17.1 Å². The largest absolute Gasteiger partial charge is 0.573 e. The smallest absolute Gasteiger partial charge is 0.403 e. The number of aromatic nitrogens is 6. The molecule has 2 aromatic heterocycles. The van der Waals surface area contributed by atoms with Crippen molar-refractivity contribution in [3.05, 3.63) is 75.7 Å². The Labute approximate surface area is 224 Å². The lowest BCUT2D eigenvalue weighted by molar-refractivity contribution is -0.274. The summed E-state index contributed by atoms with van der Waals surface area (Å²) in [6, 6.07) is 10.2. The Hall–Kier alpha value is -4.38. The van der Waals surface area contributed by atoms with Gasteiger partial charge >= 0.3 is 18.2 Å². The third-order valence-corrected chi connectivity index (χ3v) is 5.49. The highest BCUT2D eigenvalue weighted by atomic mass is 35.5. The third kappa shape index (κ3) is 6.26. The first-order valence-corrected chi connectivity index (χ1v) is 11.3. The van der Waals surface area contributed by atoms with E-state index in [0.717, 1.165) is 12.1 Å². The highest BCUT2D eigenvalue weighted by molar-refractivity contribution is 6.30. The maximum Gasteiger partial charge on any atom is 0.573 e. The van der Waals surface area contributed by atoms with E-state index in [9.17, 15) is 41.0 Å². The van der Waals surface area contributed by atoms with Crippen molar-refractivity contribution < 1.29 is 41.0 Å². The molecule has 11 nitrogen and oxygen atoms in total.